The van der Waals surface area contributed by atoms with E-state index in [1.807, 2.05) is 4.90 Å². The van der Waals surface area contributed by atoms with Crippen LogP contribution in [0, 0.1) is 5.92 Å². The van der Waals surface area contributed by atoms with Crippen molar-refractivity contribution in [2.24, 2.45) is 5.92 Å². The molecule has 0 aromatic heterocycles. The molecule has 0 radical (unpaired) electrons. The lowest BCUT2D eigenvalue weighted by Crippen LogP contribution is -2.56. The summed E-state index contributed by atoms with van der Waals surface area (Å²) >= 11 is 0. The topological polar surface area (TPSA) is 52.6 Å². The third kappa shape index (κ3) is 2.63. The monoisotopic (exact) mass is 238 g/mol. The normalized spacial score (nSPS) is 32.8. The summed E-state index contributed by atoms with van der Waals surface area (Å²) in [5, 5.41) is 13.3. The highest BCUT2D eigenvalue weighted by Gasteiger charge is 2.43. The van der Waals surface area contributed by atoms with Gasteiger partial charge in [-0.1, -0.05) is 18.9 Å². The van der Waals surface area contributed by atoms with Gasteiger partial charge in [0.25, 0.3) is 0 Å². The molecule has 1 saturated carbocycles. The minimum atomic E-state index is -0.506. The van der Waals surface area contributed by atoms with E-state index in [2.05, 4.69) is 11.9 Å². The Bertz CT molecular complexity index is 306. The van der Waals surface area contributed by atoms with E-state index >= 15 is 0 Å². The Labute approximate surface area is 103 Å². The number of carbonyl (C=O) groups excluding carboxylic acids is 1. The maximum Gasteiger partial charge on any atom is 0.317 e. The van der Waals surface area contributed by atoms with Crippen molar-refractivity contribution in [3.63, 3.8) is 0 Å². The number of carbonyl (C=O) groups is 1. The lowest BCUT2D eigenvalue weighted by Gasteiger charge is -2.47. The Hall–Kier alpha value is -1.03. The zero-order chi connectivity index (χ0) is 12.3. The number of aliphatic hydroxyl groups is 1. The highest BCUT2D eigenvalue weighted by atomic mass is 16.3. The van der Waals surface area contributed by atoms with Crippen molar-refractivity contribution in [2.75, 3.05) is 19.6 Å². The molecule has 2 rings (SSSR count). The van der Waals surface area contributed by atoms with Gasteiger partial charge < -0.3 is 15.3 Å². The van der Waals surface area contributed by atoms with Crippen LogP contribution in [0.3, 0.4) is 0 Å². The molecule has 0 aromatic carbocycles. The summed E-state index contributed by atoms with van der Waals surface area (Å²) in [5.41, 5.74) is -0.506. The van der Waals surface area contributed by atoms with Crippen molar-refractivity contribution in [1.82, 2.24) is 10.2 Å². The van der Waals surface area contributed by atoms with Crippen molar-refractivity contribution in [3.8, 4) is 0 Å². The number of urea groups is 1. The van der Waals surface area contributed by atoms with Crippen molar-refractivity contribution >= 4 is 6.03 Å². The van der Waals surface area contributed by atoms with Gasteiger partial charge in [0.05, 0.1) is 5.60 Å². The Morgan fingerprint density at radius 1 is 1.53 bits per heavy atom. The lowest BCUT2D eigenvalue weighted by atomic mass is 9.71. The maximum absolute atomic E-state index is 11.8. The number of fused-ring (bicyclic) bond motifs is 1. The van der Waals surface area contributed by atoms with Crippen molar-refractivity contribution in [3.05, 3.63) is 12.7 Å². The first-order valence-corrected chi connectivity index (χ1v) is 6.52. The summed E-state index contributed by atoms with van der Waals surface area (Å²) < 4.78 is 0. The van der Waals surface area contributed by atoms with Gasteiger partial charge in [0, 0.05) is 25.6 Å². The molecule has 1 aliphatic carbocycles. The zero-order valence-corrected chi connectivity index (χ0v) is 10.3. The second-order valence-corrected chi connectivity index (χ2v) is 5.22. The SMILES string of the molecule is C=CCNC(=O)N1CC[C@@]2(O)CCCC[C@@H]2C1. The molecule has 2 aliphatic rings. The van der Waals surface area contributed by atoms with E-state index in [4.69, 9.17) is 0 Å². The van der Waals surface area contributed by atoms with Gasteiger partial charge in [-0.3, -0.25) is 0 Å². The average Bonchev–Trinajstić information content (AvgIpc) is 2.34. The first-order chi connectivity index (χ1) is 8.15. The van der Waals surface area contributed by atoms with Crippen LogP contribution in [0.15, 0.2) is 12.7 Å². The van der Waals surface area contributed by atoms with Crippen LogP contribution in [0.25, 0.3) is 0 Å². The molecule has 2 fully saturated rings. The summed E-state index contributed by atoms with van der Waals surface area (Å²) in [4.78, 5) is 13.6. The van der Waals surface area contributed by atoms with Gasteiger partial charge in [0.15, 0.2) is 0 Å². The average molecular weight is 238 g/mol. The molecule has 1 saturated heterocycles. The smallest absolute Gasteiger partial charge is 0.317 e. The molecule has 4 heteroatoms. The second kappa shape index (κ2) is 5.08. The second-order valence-electron chi connectivity index (χ2n) is 5.22. The molecule has 4 nitrogen and oxygen atoms in total. The van der Waals surface area contributed by atoms with Gasteiger partial charge in [-0.2, -0.15) is 0 Å². The first kappa shape index (κ1) is 12.4. The van der Waals surface area contributed by atoms with Crippen LogP contribution >= 0.6 is 0 Å². The zero-order valence-electron chi connectivity index (χ0n) is 10.3. The van der Waals surface area contributed by atoms with E-state index in [0.29, 0.717) is 19.6 Å². The van der Waals surface area contributed by atoms with Gasteiger partial charge in [0.2, 0.25) is 0 Å². The molecule has 1 heterocycles. The highest BCUT2D eigenvalue weighted by molar-refractivity contribution is 5.74. The van der Waals surface area contributed by atoms with E-state index in [1.54, 1.807) is 6.08 Å². The van der Waals surface area contributed by atoms with E-state index in [0.717, 1.165) is 25.7 Å². The van der Waals surface area contributed by atoms with Gasteiger partial charge in [-0.15, -0.1) is 6.58 Å². The number of hydrogen-bond acceptors (Lipinski definition) is 2. The molecule has 0 unspecified atom stereocenters. The third-order valence-electron chi connectivity index (χ3n) is 4.11. The minimum absolute atomic E-state index is 0.0301. The van der Waals surface area contributed by atoms with Gasteiger partial charge >= 0.3 is 6.03 Å². The molecule has 2 atom stereocenters. The van der Waals surface area contributed by atoms with Crippen LogP contribution in [0.2, 0.25) is 0 Å². The Kier molecular flexibility index (Phi) is 3.72. The first-order valence-electron chi connectivity index (χ1n) is 6.52. The summed E-state index contributed by atoms with van der Waals surface area (Å²) in [6, 6.07) is -0.0301. The molecule has 17 heavy (non-hydrogen) atoms. The molecule has 0 bridgehead atoms. The Morgan fingerprint density at radius 3 is 3.12 bits per heavy atom. The van der Waals surface area contributed by atoms with E-state index < -0.39 is 5.60 Å². The molecule has 96 valence electrons. The number of nitrogens with one attached hydrogen (secondary N) is 1. The van der Waals surface area contributed by atoms with Crippen molar-refractivity contribution in [2.45, 2.75) is 37.7 Å². The fraction of sp³-hybridized carbons (Fsp3) is 0.769. The number of piperidine rings is 1. The number of rotatable bonds is 2. The van der Waals surface area contributed by atoms with Gasteiger partial charge in [-0.25, -0.2) is 4.79 Å². The molecular weight excluding hydrogens is 216 g/mol. The summed E-state index contributed by atoms with van der Waals surface area (Å²) in [5.74, 6) is 0.263. The van der Waals surface area contributed by atoms with Crippen LogP contribution in [0.1, 0.15) is 32.1 Å². The fourth-order valence-corrected chi connectivity index (χ4v) is 3.03. The fourth-order valence-electron chi connectivity index (χ4n) is 3.03. The molecule has 1 aliphatic heterocycles. The number of likely N-dealkylation sites (tertiary alicyclic amines) is 1. The number of amides is 2. The molecule has 0 spiro atoms. The van der Waals surface area contributed by atoms with Crippen LogP contribution in [-0.2, 0) is 0 Å². The summed E-state index contributed by atoms with van der Waals surface area (Å²) in [6.07, 6.45) is 6.64. The quantitative estimate of drug-likeness (QED) is 0.716. The minimum Gasteiger partial charge on any atom is -0.389 e. The van der Waals surface area contributed by atoms with Crippen molar-refractivity contribution in [1.29, 1.82) is 0 Å². The van der Waals surface area contributed by atoms with E-state index in [9.17, 15) is 9.90 Å². The predicted octanol–water partition coefficient (Wildman–Crippen LogP) is 1.51. The Balaban J connectivity index is 1.92. The third-order valence-corrected chi connectivity index (χ3v) is 4.11. The highest BCUT2D eigenvalue weighted by Crippen LogP contribution is 2.39. The van der Waals surface area contributed by atoms with Gasteiger partial charge in [0.1, 0.15) is 0 Å². The van der Waals surface area contributed by atoms with Crippen LogP contribution in [-0.4, -0.2) is 41.3 Å². The molecule has 2 amide bonds. The number of hydrogen-bond donors (Lipinski definition) is 2. The molecule has 2 N–H and O–H groups in total. The molecular formula is C13H22N2O2. The number of nitrogens with zero attached hydrogens (tertiary/aromatic N) is 1. The van der Waals surface area contributed by atoms with Crippen LogP contribution in [0.5, 0.6) is 0 Å². The standard InChI is InChI=1S/C13H22N2O2/c1-2-8-14-12(16)15-9-7-13(17)6-4-3-5-11(13)10-15/h2,11,17H,1,3-10H2,(H,14,16)/t11-,13+/m1/s1. The largest absolute Gasteiger partial charge is 0.389 e. The molecule has 0 aromatic rings. The lowest BCUT2D eigenvalue weighted by molar-refractivity contribution is -0.0870. The maximum atomic E-state index is 11.8. The van der Waals surface area contributed by atoms with Crippen LogP contribution < -0.4 is 5.32 Å². The van der Waals surface area contributed by atoms with Crippen molar-refractivity contribution < 1.29 is 9.90 Å². The van der Waals surface area contributed by atoms with Crippen LogP contribution in [0.4, 0.5) is 4.79 Å². The van der Waals surface area contributed by atoms with E-state index in [1.165, 1.54) is 6.42 Å². The summed E-state index contributed by atoms with van der Waals surface area (Å²) in [6.45, 7) is 5.44. The predicted molar refractivity (Wildman–Crippen MR) is 66.7 cm³/mol. The summed E-state index contributed by atoms with van der Waals surface area (Å²) in [7, 11) is 0. The van der Waals surface area contributed by atoms with E-state index in [-0.39, 0.29) is 11.9 Å². The Morgan fingerprint density at radius 2 is 2.35 bits per heavy atom. The van der Waals surface area contributed by atoms with Gasteiger partial charge in [-0.05, 0) is 19.3 Å².